The quantitative estimate of drug-likeness (QED) is 0.357. The molecule has 1 fully saturated rings. The van der Waals surface area contributed by atoms with E-state index in [0.717, 1.165) is 19.4 Å². The summed E-state index contributed by atoms with van der Waals surface area (Å²) in [4.78, 5) is 0. The van der Waals surface area contributed by atoms with Crippen molar-refractivity contribution in [3.05, 3.63) is 24.5 Å². The van der Waals surface area contributed by atoms with E-state index in [1.807, 2.05) is 0 Å². The summed E-state index contributed by atoms with van der Waals surface area (Å²) in [6.45, 7) is 7.44. The lowest BCUT2D eigenvalue weighted by Gasteiger charge is -2.34. The van der Waals surface area contributed by atoms with Gasteiger partial charge in [0.05, 0.1) is 24.1 Å². The van der Waals surface area contributed by atoms with Crippen molar-refractivity contribution in [3.63, 3.8) is 0 Å². The van der Waals surface area contributed by atoms with Crippen molar-refractivity contribution in [2.24, 2.45) is 0 Å². The van der Waals surface area contributed by atoms with Gasteiger partial charge in [0.2, 0.25) is 0 Å². The lowest BCUT2D eigenvalue weighted by atomic mass is 10.2. The second kappa shape index (κ2) is 9.23. The van der Waals surface area contributed by atoms with Crippen LogP contribution in [0.3, 0.4) is 0 Å². The van der Waals surface area contributed by atoms with E-state index in [-0.39, 0.29) is 0 Å². The molecule has 0 amide bonds. The van der Waals surface area contributed by atoms with Crippen molar-refractivity contribution in [1.82, 2.24) is 0 Å². The summed E-state index contributed by atoms with van der Waals surface area (Å²) in [5.41, 5.74) is 0. The standard InChI is InChI=1S/C15H28O2S2Si/c1-16-11-7-10-15(18-13-8-14-19-15)9-5-6-12-17-20(2,3)4/h5-7,11H,8-10,12-14H2,1-4H3/b6-5+,11-7+. The molecule has 0 aromatic carbocycles. The van der Waals surface area contributed by atoms with E-state index >= 15 is 0 Å². The molecule has 1 aliphatic rings. The van der Waals surface area contributed by atoms with E-state index in [1.54, 1.807) is 13.4 Å². The molecule has 0 bridgehead atoms. The summed E-state index contributed by atoms with van der Waals surface area (Å²) in [5, 5.41) is 0. The van der Waals surface area contributed by atoms with Crippen LogP contribution >= 0.6 is 23.5 Å². The van der Waals surface area contributed by atoms with Crippen LogP contribution in [-0.4, -0.2) is 37.6 Å². The lowest BCUT2D eigenvalue weighted by molar-refractivity contribution is 0.336. The summed E-state index contributed by atoms with van der Waals surface area (Å²) >= 11 is 4.19. The average Bonchev–Trinajstić information content (AvgIpc) is 2.38. The molecular formula is C15H28O2S2Si. The van der Waals surface area contributed by atoms with Crippen molar-refractivity contribution in [2.45, 2.75) is 43.0 Å². The predicted octanol–water partition coefficient (Wildman–Crippen LogP) is 4.90. The molecule has 1 aliphatic heterocycles. The van der Waals surface area contributed by atoms with Crippen LogP contribution in [0.2, 0.25) is 19.6 Å². The first kappa shape index (κ1) is 18.2. The largest absolute Gasteiger partial charge is 0.505 e. The highest BCUT2D eigenvalue weighted by molar-refractivity contribution is 8.18. The first-order chi connectivity index (χ1) is 9.47. The second-order valence-electron chi connectivity index (χ2n) is 5.87. The molecule has 0 radical (unpaired) electrons. The van der Waals surface area contributed by atoms with Crippen molar-refractivity contribution in [3.8, 4) is 0 Å². The zero-order valence-electron chi connectivity index (χ0n) is 13.2. The Labute approximate surface area is 133 Å². The van der Waals surface area contributed by atoms with Crippen LogP contribution in [0.25, 0.3) is 0 Å². The number of thioether (sulfide) groups is 2. The monoisotopic (exact) mass is 332 g/mol. The normalized spacial score (nSPS) is 19.8. The maximum absolute atomic E-state index is 5.85. The van der Waals surface area contributed by atoms with Gasteiger partial charge in [-0.25, -0.2) is 0 Å². The van der Waals surface area contributed by atoms with E-state index in [0.29, 0.717) is 4.08 Å². The number of allylic oxidation sites excluding steroid dienone is 2. The summed E-state index contributed by atoms with van der Waals surface area (Å²) in [6.07, 6.45) is 11.9. The summed E-state index contributed by atoms with van der Waals surface area (Å²) in [5.74, 6) is 2.54. The van der Waals surface area contributed by atoms with Gasteiger partial charge < -0.3 is 9.16 Å². The average molecular weight is 333 g/mol. The molecule has 1 heterocycles. The van der Waals surface area contributed by atoms with Gasteiger partial charge in [-0.3, -0.25) is 0 Å². The fourth-order valence-corrected chi connectivity index (χ4v) is 5.68. The SMILES string of the molecule is CO/C=C/CC1(C/C=C/CO[Si](C)(C)C)SCCCS1. The minimum Gasteiger partial charge on any atom is -0.505 e. The molecule has 0 aromatic heterocycles. The Bertz CT molecular complexity index is 318. The third-order valence-electron chi connectivity index (χ3n) is 2.89. The molecule has 0 aromatic rings. The van der Waals surface area contributed by atoms with Gasteiger partial charge in [-0.05, 0) is 56.5 Å². The Morgan fingerprint density at radius 3 is 2.30 bits per heavy atom. The molecule has 0 spiro atoms. The minimum atomic E-state index is -1.38. The summed E-state index contributed by atoms with van der Waals surface area (Å²) in [6, 6.07) is 0. The van der Waals surface area contributed by atoms with Gasteiger partial charge in [0, 0.05) is 0 Å². The lowest BCUT2D eigenvalue weighted by Crippen LogP contribution is -2.25. The van der Waals surface area contributed by atoms with E-state index in [9.17, 15) is 0 Å². The molecule has 0 aliphatic carbocycles. The van der Waals surface area contributed by atoms with Crippen LogP contribution in [0.15, 0.2) is 24.5 Å². The fourth-order valence-electron chi connectivity index (χ4n) is 1.89. The van der Waals surface area contributed by atoms with Crippen molar-refractivity contribution >= 4 is 31.8 Å². The van der Waals surface area contributed by atoms with Crippen molar-refractivity contribution < 1.29 is 9.16 Å². The Kier molecular flexibility index (Phi) is 8.40. The Balaban J connectivity index is 2.44. The highest BCUT2D eigenvalue weighted by Gasteiger charge is 2.31. The summed E-state index contributed by atoms with van der Waals surface area (Å²) < 4.78 is 11.2. The van der Waals surface area contributed by atoms with Gasteiger partial charge in [0.15, 0.2) is 8.32 Å². The molecule has 1 rings (SSSR count). The number of ether oxygens (including phenoxy) is 1. The maximum Gasteiger partial charge on any atom is 0.184 e. The molecule has 1 saturated heterocycles. The van der Waals surface area contributed by atoms with Crippen LogP contribution in [0, 0.1) is 0 Å². The van der Waals surface area contributed by atoms with Gasteiger partial charge in [-0.15, -0.1) is 23.5 Å². The zero-order valence-corrected chi connectivity index (χ0v) is 15.8. The number of hydrogen-bond donors (Lipinski definition) is 0. The second-order valence-corrected chi connectivity index (χ2v) is 13.6. The van der Waals surface area contributed by atoms with Crippen LogP contribution in [0.4, 0.5) is 0 Å². The van der Waals surface area contributed by atoms with Gasteiger partial charge in [0.25, 0.3) is 0 Å². The molecule has 5 heteroatoms. The highest BCUT2D eigenvalue weighted by atomic mass is 32.2. The van der Waals surface area contributed by atoms with E-state index in [1.165, 1.54) is 17.9 Å². The molecule has 0 atom stereocenters. The third kappa shape index (κ3) is 7.81. The van der Waals surface area contributed by atoms with E-state index < -0.39 is 8.32 Å². The van der Waals surface area contributed by atoms with Gasteiger partial charge >= 0.3 is 0 Å². The van der Waals surface area contributed by atoms with E-state index in [4.69, 9.17) is 9.16 Å². The molecule has 2 nitrogen and oxygen atoms in total. The van der Waals surface area contributed by atoms with Gasteiger partial charge in [-0.2, -0.15) is 0 Å². The predicted molar refractivity (Wildman–Crippen MR) is 96.1 cm³/mol. The van der Waals surface area contributed by atoms with E-state index in [2.05, 4.69) is 61.4 Å². The van der Waals surface area contributed by atoms with Crippen molar-refractivity contribution in [1.29, 1.82) is 0 Å². The minimum absolute atomic E-state index is 0.295. The van der Waals surface area contributed by atoms with Gasteiger partial charge in [0.1, 0.15) is 0 Å². The molecule has 0 N–H and O–H groups in total. The maximum atomic E-state index is 5.85. The Morgan fingerprint density at radius 1 is 1.05 bits per heavy atom. The first-order valence-electron chi connectivity index (χ1n) is 7.22. The molecule has 20 heavy (non-hydrogen) atoms. The first-order valence-corrected chi connectivity index (χ1v) is 12.6. The molecular weight excluding hydrogens is 304 g/mol. The Hall–Kier alpha value is 0.157. The third-order valence-corrected chi connectivity index (χ3v) is 7.33. The molecule has 0 unspecified atom stereocenters. The molecule has 0 saturated carbocycles. The smallest absolute Gasteiger partial charge is 0.184 e. The van der Waals surface area contributed by atoms with Crippen LogP contribution in [0.5, 0.6) is 0 Å². The summed E-state index contributed by atoms with van der Waals surface area (Å²) in [7, 11) is 0.326. The van der Waals surface area contributed by atoms with Crippen LogP contribution < -0.4 is 0 Å². The number of hydrogen-bond acceptors (Lipinski definition) is 4. The zero-order chi connectivity index (χ0) is 14.9. The topological polar surface area (TPSA) is 18.5 Å². The highest BCUT2D eigenvalue weighted by Crippen LogP contribution is 2.47. The Morgan fingerprint density at radius 2 is 1.70 bits per heavy atom. The van der Waals surface area contributed by atoms with Gasteiger partial charge in [-0.1, -0.05) is 12.2 Å². The van der Waals surface area contributed by atoms with Crippen LogP contribution in [0.1, 0.15) is 19.3 Å². The van der Waals surface area contributed by atoms with Crippen molar-refractivity contribution in [2.75, 3.05) is 25.2 Å². The number of rotatable bonds is 8. The number of methoxy groups -OCH3 is 1. The molecule has 116 valence electrons. The fraction of sp³-hybridized carbons (Fsp3) is 0.733. The van der Waals surface area contributed by atoms with Crippen LogP contribution in [-0.2, 0) is 9.16 Å².